The summed E-state index contributed by atoms with van der Waals surface area (Å²) in [5, 5.41) is 4.00. The van der Waals surface area contributed by atoms with Gasteiger partial charge in [-0.05, 0) is 30.7 Å². The summed E-state index contributed by atoms with van der Waals surface area (Å²) in [4.78, 5) is 19.3. The molecular weight excluding hydrogens is 381 g/mol. The molecule has 0 radical (unpaired) electrons. The van der Waals surface area contributed by atoms with Crippen LogP contribution in [0.3, 0.4) is 0 Å². The lowest BCUT2D eigenvalue weighted by Crippen LogP contribution is -2.32. The Morgan fingerprint density at radius 3 is 2.61 bits per heavy atom. The van der Waals surface area contributed by atoms with Crippen LogP contribution in [0.2, 0.25) is 0 Å². The number of carbonyl (C=O) groups is 1. The van der Waals surface area contributed by atoms with E-state index in [-0.39, 0.29) is 17.8 Å². The molecule has 0 saturated carbocycles. The molecule has 0 spiro atoms. The molecule has 2 heterocycles. The molecular formula is C20H20FN3O3S. The summed E-state index contributed by atoms with van der Waals surface area (Å²) >= 11 is 1.29. The topological polar surface area (TPSA) is 63.7 Å². The van der Waals surface area contributed by atoms with E-state index in [2.05, 4.69) is 10.3 Å². The van der Waals surface area contributed by atoms with E-state index in [1.807, 2.05) is 0 Å². The number of hydrogen-bond donors (Lipinski definition) is 1. The molecule has 1 saturated heterocycles. The van der Waals surface area contributed by atoms with E-state index in [4.69, 9.17) is 9.47 Å². The van der Waals surface area contributed by atoms with E-state index in [1.165, 1.54) is 31.6 Å². The zero-order chi connectivity index (χ0) is 19.7. The van der Waals surface area contributed by atoms with Crippen molar-refractivity contribution in [3.8, 4) is 11.5 Å². The number of halogens is 1. The van der Waals surface area contributed by atoms with Crippen LogP contribution in [0.5, 0.6) is 11.5 Å². The second-order valence-electron chi connectivity index (χ2n) is 6.53. The number of hydrogen-bond acceptors (Lipinski definition) is 6. The summed E-state index contributed by atoms with van der Waals surface area (Å²) in [5.74, 6) is 0.577. The number of carbonyl (C=O) groups excluding carboxylic acids is 1. The zero-order valence-corrected chi connectivity index (χ0v) is 16.4. The maximum absolute atomic E-state index is 13.9. The lowest BCUT2D eigenvalue weighted by Gasteiger charge is -2.20. The predicted molar refractivity (Wildman–Crippen MR) is 107 cm³/mol. The second kappa shape index (κ2) is 7.63. The van der Waals surface area contributed by atoms with Gasteiger partial charge in [0, 0.05) is 19.1 Å². The monoisotopic (exact) mass is 401 g/mol. The van der Waals surface area contributed by atoms with E-state index in [0.717, 1.165) is 6.42 Å². The third-order valence-electron chi connectivity index (χ3n) is 4.81. The van der Waals surface area contributed by atoms with Gasteiger partial charge >= 0.3 is 0 Å². The van der Waals surface area contributed by atoms with Crippen LogP contribution in [0.4, 0.5) is 9.52 Å². The summed E-state index contributed by atoms with van der Waals surface area (Å²) in [5.41, 5.74) is 1.06. The Bertz CT molecular complexity index is 1000. The first kappa shape index (κ1) is 18.5. The number of likely N-dealkylation sites (tertiary alicyclic amines) is 1. The van der Waals surface area contributed by atoms with E-state index in [9.17, 15) is 9.18 Å². The molecule has 0 bridgehead atoms. The van der Waals surface area contributed by atoms with E-state index in [1.54, 1.807) is 35.2 Å². The number of amides is 1. The highest BCUT2D eigenvalue weighted by Gasteiger charge is 2.31. The molecule has 1 N–H and O–H groups in total. The standard InChI is InChI=1S/C20H20FN3O3S/c1-26-15-7-4-8-16(27-2)17(15)19(25)24-10-9-12(11-24)22-20-23-14-6-3-5-13(21)18(14)28-20/h3-8,12H,9-11H2,1-2H3,(H,22,23)/t12-/m1/s1. The molecule has 8 heteroatoms. The SMILES string of the molecule is COc1cccc(OC)c1C(=O)N1CC[C@@H](Nc2nc3cccc(F)c3s2)C1. The van der Waals surface area contributed by atoms with Gasteiger partial charge in [-0.1, -0.05) is 23.5 Å². The zero-order valence-electron chi connectivity index (χ0n) is 15.6. The molecule has 146 valence electrons. The third-order valence-corrected chi connectivity index (χ3v) is 5.82. The van der Waals surface area contributed by atoms with Gasteiger partial charge in [0.25, 0.3) is 5.91 Å². The van der Waals surface area contributed by atoms with Crippen molar-refractivity contribution in [3.63, 3.8) is 0 Å². The van der Waals surface area contributed by atoms with Gasteiger partial charge in [0.2, 0.25) is 0 Å². The molecule has 3 aromatic rings. The van der Waals surface area contributed by atoms with Crippen molar-refractivity contribution in [2.75, 3.05) is 32.6 Å². The predicted octanol–water partition coefficient (Wildman–Crippen LogP) is 3.78. The Kier molecular flexibility index (Phi) is 5.04. The number of thiazole rings is 1. The maximum Gasteiger partial charge on any atom is 0.261 e. The molecule has 2 aromatic carbocycles. The number of benzene rings is 2. The van der Waals surface area contributed by atoms with E-state index in [0.29, 0.717) is 45.5 Å². The number of methoxy groups -OCH3 is 2. The first-order valence-corrected chi connectivity index (χ1v) is 9.74. The second-order valence-corrected chi connectivity index (χ2v) is 7.52. The van der Waals surface area contributed by atoms with Gasteiger partial charge in [0.05, 0.1) is 24.4 Å². The van der Waals surface area contributed by atoms with Crippen LogP contribution in [0.25, 0.3) is 10.2 Å². The molecule has 4 rings (SSSR count). The fourth-order valence-corrected chi connectivity index (χ4v) is 4.38. The molecule has 0 unspecified atom stereocenters. The quantitative estimate of drug-likeness (QED) is 0.705. The van der Waals surface area contributed by atoms with Crippen molar-refractivity contribution in [2.24, 2.45) is 0 Å². The van der Waals surface area contributed by atoms with Crippen LogP contribution >= 0.6 is 11.3 Å². The number of nitrogens with zero attached hydrogens (tertiary/aromatic N) is 2. The van der Waals surface area contributed by atoms with Crippen molar-refractivity contribution >= 4 is 32.6 Å². The van der Waals surface area contributed by atoms with Crippen molar-refractivity contribution in [2.45, 2.75) is 12.5 Å². The summed E-state index contributed by atoms with van der Waals surface area (Å²) in [6, 6.07) is 10.2. The number of fused-ring (bicyclic) bond motifs is 1. The molecule has 1 amide bonds. The molecule has 6 nitrogen and oxygen atoms in total. The Morgan fingerprint density at radius 2 is 1.93 bits per heavy atom. The fraction of sp³-hybridized carbons (Fsp3) is 0.300. The van der Waals surface area contributed by atoms with Crippen molar-refractivity contribution in [1.29, 1.82) is 0 Å². The summed E-state index contributed by atoms with van der Waals surface area (Å²) < 4.78 is 25.1. The highest BCUT2D eigenvalue weighted by molar-refractivity contribution is 7.22. The molecule has 1 aromatic heterocycles. The highest BCUT2D eigenvalue weighted by Crippen LogP contribution is 2.32. The minimum atomic E-state index is -0.269. The van der Waals surface area contributed by atoms with Crippen LogP contribution < -0.4 is 14.8 Å². The maximum atomic E-state index is 13.9. The van der Waals surface area contributed by atoms with Crippen LogP contribution in [0.15, 0.2) is 36.4 Å². The summed E-state index contributed by atoms with van der Waals surface area (Å²) in [6.07, 6.45) is 0.779. The first-order chi connectivity index (χ1) is 13.6. The van der Waals surface area contributed by atoms with Gasteiger partial charge in [-0.3, -0.25) is 4.79 Å². The Balaban J connectivity index is 1.49. The van der Waals surface area contributed by atoms with E-state index < -0.39 is 0 Å². The van der Waals surface area contributed by atoms with Gasteiger partial charge in [-0.25, -0.2) is 9.37 Å². The van der Waals surface area contributed by atoms with Crippen molar-refractivity contribution in [3.05, 3.63) is 47.8 Å². The fourth-order valence-electron chi connectivity index (χ4n) is 3.43. The highest BCUT2D eigenvalue weighted by atomic mass is 32.1. The van der Waals surface area contributed by atoms with Crippen LogP contribution in [0.1, 0.15) is 16.8 Å². The van der Waals surface area contributed by atoms with Gasteiger partial charge in [-0.2, -0.15) is 0 Å². The number of rotatable bonds is 5. The van der Waals surface area contributed by atoms with Crippen LogP contribution in [0, 0.1) is 5.82 Å². The van der Waals surface area contributed by atoms with Gasteiger partial charge < -0.3 is 19.7 Å². The molecule has 28 heavy (non-hydrogen) atoms. The largest absolute Gasteiger partial charge is 0.496 e. The minimum Gasteiger partial charge on any atom is -0.496 e. The number of aromatic nitrogens is 1. The van der Waals surface area contributed by atoms with Crippen molar-refractivity contribution < 1.29 is 18.7 Å². The minimum absolute atomic E-state index is 0.0493. The smallest absolute Gasteiger partial charge is 0.261 e. The lowest BCUT2D eigenvalue weighted by atomic mass is 10.1. The first-order valence-electron chi connectivity index (χ1n) is 8.92. The molecule has 1 aliphatic rings. The summed E-state index contributed by atoms with van der Waals surface area (Å²) in [7, 11) is 3.07. The normalized spacial score (nSPS) is 16.4. The average molecular weight is 401 g/mol. The Labute approximate surface area is 165 Å². The van der Waals surface area contributed by atoms with Gasteiger partial charge in [0.15, 0.2) is 5.13 Å². The lowest BCUT2D eigenvalue weighted by molar-refractivity contribution is 0.0784. The molecule has 1 aliphatic heterocycles. The molecule has 1 atom stereocenters. The van der Waals surface area contributed by atoms with Gasteiger partial charge in [-0.15, -0.1) is 0 Å². The molecule has 0 aliphatic carbocycles. The van der Waals surface area contributed by atoms with E-state index >= 15 is 0 Å². The molecule has 1 fully saturated rings. The van der Waals surface area contributed by atoms with Crippen molar-refractivity contribution in [1.82, 2.24) is 9.88 Å². The number of nitrogens with one attached hydrogen (secondary N) is 1. The number of ether oxygens (including phenoxy) is 2. The van der Waals surface area contributed by atoms with Gasteiger partial charge in [0.1, 0.15) is 22.9 Å². The van der Waals surface area contributed by atoms with Crippen LogP contribution in [-0.4, -0.2) is 49.1 Å². The Morgan fingerprint density at radius 1 is 1.21 bits per heavy atom. The average Bonchev–Trinajstić information content (AvgIpc) is 3.34. The Hall–Kier alpha value is -2.87. The third kappa shape index (κ3) is 3.35. The van der Waals surface area contributed by atoms with Crippen LogP contribution in [-0.2, 0) is 0 Å². The summed E-state index contributed by atoms with van der Waals surface area (Å²) in [6.45, 7) is 1.13. The number of anilines is 1.